The van der Waals surface area contributed by atoms with E-state index in [1.54, 1.807) is 32.4 Å². The third-order valence-corrected chi connectivity index (χ3v) is 9.90. The van der Waals surface area contributed by atoms with Crippen molar-refractivity contribution in [1.29, 1.82) is 0 Å². The maximum absolute atomic E-state index is 14.3. The smallest absolute Gasteiger partial charge is 0.316 e. The van der Waals surface area contributed by atoms with Crippen LogP contribution in [-0.4, -0.2) is 47.0 Å². The van der Waals surface area contributed by atoms with Crippen molar-refractivity contribution in [1.82, 2.24) is 9.88 Å². The molecule has 11 heteroatoms. The van der Waals surface area contributed by atoms with Crippen LogP contribution in [0.1, 0.15) is 74.4 Å². The van der Waals surface area contributed by atoms with Gasteiger partial charge in [0.15, 0.2) is 0 Å². The summed E-state index contributed by atoms with van der Waals surface area (Å²) >= 11 is 0. The molecule has 11 nitrogen and oxygen atoms in total. The van der Waals surface area contributed by atoms with E-state index in [4.69, 9.17) is 15.2 Å². The number of hydrogen-bond donors (Lipinski definition) is 3. The Balaban J connectivity index is 1.43. The van der Waals surface area contributed by atoms with Gasteiger partial charge in [-0.15, -0.1) is 0 Å². The summed E-state index contributed by atoms with van der Waals surface area (Å²) in [7, 11) is 1.57. The van der Waals surface area contributed by atoms with E-state index in [1.807, 2.05) is 113 Å². The highest BCUT2D eigenvalue weighted by atomic mass is 16.6. The minimum atomic E-state index is -1.04. The number of ether oxygens (including phenoxy) is 2. The molecule has 4 aromatic carbocycles. The van der Waals surface area contributed by atoms with Crippen molar-refractivity contribution in [2.24, 2.45) is 5.73 Å². The molecule has 0 aliphatic carbocycles. The van der Waals surface area contributed by atoms with Crippen LogP contribution in [0.15, 0.2) is 108 Å². The van der Waals surface area contributed by atoms with E-state index in [1.165, 1.54) is 16.7 Å². The molecule has 0 aliphatic rings. The molecule has 5 aromatic rings. The molecule has 0 bridgehead atoms. The molecule has 0 radical (unpaired) electrons. The lowest BCUT2D eigenvalue weighted by molar-refractivity contribution is -0.160. The van der Waals surface area contributed by atoms with Gasteiger partial charge in [-0.2, -0.15) is 0 Å². The molecule has 4 N–H and O–H groups in total. The number of anilines is 1. The first kappa shape index (κ1) is 42.6. The van der Waals surface area contributed by atoms with Gasteiger partial charge < -0.3 is 30.4 Å². The zero-order valence-corrected chi connectivity index (χ0v) is 34.2. The predicted molar refractivity (Wildman–Crippen MR) is 228 cm³/mol. The Bertz CT molecular complexity index is 2390. The van der Waals surface area contributed by atoms with Crippen LogP contribution in [0.3, 0.4) is 0 Å². The van der Waals surface area contributed by atoms with E-state index < -0.39 is 34.4 Å². The maximum atomic E-state index is 14.3. The van der Waals surface area contributed by atoms with Crippen LogP contribution < -0.4 is 26.7 Å². The van der Waals surface area contributed by atoms with E-state index in [9.17, 15) is 24.0 Å². The number of carbonyl (C=O) groups excluding carboxylic acids is 4. The number of hydrogen-bond acceptors (Lipinski definition) is 7. The molecule has 0 fully saturated rings. The molecule has 3 amide bonds. The highest BCUT2D eigenvalue weighted by molar-refractivity contribution is 5.98. The monoisotopic (exact) mass is 784 g/mol. The molecule has 302 valence electrons. The van der Waals surface area contributed by atoms with E-state index in [-0.39, 0.29) is 37.0 Å². The molecule has 0 saturated carbocycles. The normalized spacial score (nSPS) is 12.3. The Morgan fingerprint density at radius 3 is 2.12 bits per heavy atom. The van der Waals surface area contributed by atoms with Crippen molar-refractivity contribution in [3.8, 4) is 5.75 Å². The van der Waals surface area contributed by atoms with Gasteiger partial charge in [0, 0.05) is 12.3 Å². The topological polar surface area (TPSA) is 159 Å². The zero-order valence-electron chi connectivity index (χ0n) is 34.2. The van der Waals surface area contributed by atoms with Gasteiger partial charge in [-0.25, -0.2) is 0 Å². The summed E-state index contributed by atoms with van der Waals surface area (Å²) in [5.41, 5.74) is 7.56. The number of nitrogens with zero attached hydrogens (tertiary/aromatic N) is 1. The summed E-state index contributed by atoms with van der Waals surface area (Å²) in [6.45, 7) is 10.9. The molecule has 0 saturated heterocycles. The van der Waals surface area contributed by atoms with Crippen molar-refractivity contribution >= 4 is 46.2 Å². The summed E-state index contributed by atoms with van der Waals surface area (Å²) in [4.78, 5) is 66.6. The van der Waals surface area contributed by atoms with Crippen LogP contribution in [0.2, 0.25) is 0 Å². The fourth-order valence-corrected chi connectivity index (χ4v) is 6.49. The average Bonchev–Trinajstić information content (AvgIpc) is 3.18. The Kier molecular flexibility index (Phi) is 13.4. The predicted octanol–water partition coefficient (Wildman–Crippen LogP) is 6.78. The number of carbonyl (C=O) groups is 4. The standard InChI is InChI=1S/C47H52N4O7/c1-30-36(19-25-40(48)52)29-51(28-32-15-22-38(57-7)23-16-32)44(55)42(30)50-43(54)39(49-41(53)27-33-12-18-34-10-8-9-11-35(34)26-33)24-17-31-13-20-37(21-14-31)47(5,6)45(56)58-46(2,3)4/h8-16,18-23,25-26,29,39H,17,24,27-28H2,1-7H3,(H2,48,52)(H,49,53)(H,50,54)/b25-19+. The first-order valence-electron chi connectivity index (χ1n) is 19.2. The van der Waals surface area contributed by atoms with Gasteiger partial charge in [-0.1, -0.05) is 78.9 Å². The number of rotatable bonds is 15. The van der Waals surface area contributed by atoms with Gasteiger partial charge >= 0.3 is 5.97 Å². The minimum absolute atomic E-state index is 0.00707. The number of fused-ring (bicyclic) bond motifs is 1. The van der Waals surface area contributed by atoms with Crippen molar-refractivity contribution < 1.29 is 28.7 Å². The molecule has 58 heavy (non-hydrogen) atoms. The first-order chi connectivity index (χ1) is 27.4. The first-order valence-corrected chi connectivity index (χ1v) is 19.2. The van der Waals surface area contributed by atoms with E-state index in [0.717, 1.165) is 33.0 Å². The fourth-order valence-electron chi connectivity index (χ4n) is 6.49. The lowest BCUT2D eigenvalue weighted by atomic mass is 9.84. The van der Waals surface area contributed by atoms with Gasteiger partial charge in [0.2, 0.25) is 17.7 Å². The maximum Gasteiger partial charge on any atom is 0.316 e. The second kappa shape index (κ2) is 18.2. The molecular weight excluding hydrogens is 733 g/mol. The molecule has 0 aliphatic heterocycles. The fraction of sp³-hybridized carbons (Fsp3) is 0.298. The summed E-state index contributed by atoms with van der Waals surface area (Å²) in [6.07, 6.45) is 4.91. The number of nitrogens with one attached hydrogen (secondary N) is 2. The number of pyridine rings is 1. The van der Waals surface area contributed by atoms with Gasteiger partial charge in [0.1, 0.15) is 23.1 Å². The molecular formula is C47H52N4O7. The second-order valence-corrected chi connectivity index (χ2v) is 15.9. The third-order valence-electron chi connectivity index (χ3n) is 9.90. The number of nitrogens with two attached hydrogens (primary N) is 1. The van der Waals surface area contributed by atoms with Crippen LogP contribution in [0.4, 0.5) is 5.69 Å². The number of esters is 1. The van der Waals surface area contributed by atoms with Crippen LogP contribution in [0.25, 0.3) is 16.8 Å². The van der Waals surface area contributed by atoms with Crippen LogP contribution in [0, 0.1) is 6.92 Å². The molecule has 0 spiro atoms. The van der Waals surface area contributed by atoms with Gasteiger partial charge in [0.05, 0.1) is 25.5 Å². The number of primary amides is 1. The van der Waals surface area contributed by atoms with Gasteiger partial charge in [0.25, 0.3) is 5.56 Å². The Morgan fingerprint density at radius 2 is 1.48 bits per heavy atom. The van der Waals surface area contributed by atoms with Crippen LogP contribution in [0.5, 0.6) is 5.75 Å². The van der Waals surface area contributed by atoms with Gasteiger partial charge in [-0.05, 0) is 117 Å². The summed E-state index contributed by atoms with van der Waals surface area (Å²) in [5.74, 6) is -1.30. The number of methoxy groups -OCH3 is 1. The van der Waals surface area contributed by atoms with Crippen molar-refractivity contribution in [3.05, 3.63) is 147 Å². The summed E-state index contributed by atoms with van der Waals surface area (Å²) in [6, 6.07) is 27.4. The molecule has 5 rings (SSSR count). The molecule has 1 heterocycles. The molecule has 1 atom stereocenters. The van der Waals surface area contributed by atoms with Crippen molar-refractivity contribution in [3.63, 3.8) is 0 Å². The minimum Gasteiger partial charge on any atom is -0.497 e. The Labute approximate surface area is 339 Å². The van der Waals surface area contributed by atoms with E-state index in [0.29, 0.717) is 23.3 Å². The van der Waals surface area contributed by atoms with Crippen LogP contribution >= 0.6 is 0 Å². The second-order valence-electron chi connectivity index (χ2n) is 15.9. The average molecular weight is 785 g/mol. The largest absolute Gasteiger partial charge is 0.497 e. The highest BCUT2D eigenvalue weighted by Crippen LogP contribution is 2.28. The number of aromatic nitrogens is 1. The molecule has 1 aromatic heterocycles. The Morgan fingerprint density at radius 1 is 0.845 bits per heavy atom. The summed E-state index contributed by atoms with van der Waals surface area (Å²) in [5, 5.41) is 7.80. The van der Waals surface area contributed by atoms with E-state index in [2.05, 4.69) is 10.6 Å². The lowest BCUT2D eigenvalue weighted by Gasteiger charge is -2.29. The number of amides is 3. The SMILES string of the molecule is COc1ccc(Cn2cc(/C=C/C(N)=O)c(C)c(NC(=O)C(CCc3ccc(C(C)(C)C(=O)OC(C)(C)C)cc3)NC(=O)Cc3ccc4ccccc4c3)c2=O)cc1. The number of aryl methyl sites for hydroxylation is 1. The number of benzene rings is 4. The van der Waals surface area contributed by atoms with Gasteiger partial charge in [-0.3, -0.25) is 24.0 Å². The van der Waals surface area contributed by atoms with Crippen LogP contribution in [-0.2, 0) is 48.7 Å². The third kappa shape index (κ3) is 11.1. The van der Waals surface area contributed by atoms with Crippen molar-refractivity contribution in [2.45, 2.75) is 84.4 Å². The van der Waals surface area contributed by atoms with Crippen molar-refractivity contribution in [2.75, 3.05) is 12.4 Å². The molecule has 1 unspecified atom stereocenters. The quantitative estimate of drug-likeness (QED) is 0.0780. The highest BCUT2D eigenvalue weighted by Gasteiger charge is 2.34. The van der Waals surface area contributed by atoms with E-state index >= 15 is 0 Å². The summed E-state index contributed by atoms with van der Waals surface area (Å²) < 4.78 is 12.4. The lowest BCUT2D eigenvalue weighted by Crippen LogP contribution is -2.45. The zero-order chi connectivity index (χ0) is 42.2. The Hall–Kier alpha value is -6.49.